The van der Waals surface area contributed by atoms with Crippen molar-refractivity contribution in [3.63, 3.8) is 0 Å². The summed E-state index contributed by atoms with van der Waals surface area (Å²) in [5.41, 5.74) is 1.41. The van der Waals surface area contributed by atoms with Gasteiger partial charge in [0.25, 0.3) is 0 Å². The highest BCUT2D eigenvalue weighted by Crippen LogP contribution is 2.35. The Morgan fingerprint density at radius 1 is 1.19 bits per heavy atom. The molecule has 0 aliphatic heterocycles. The zero-order chi connectivity index (χ0) is 15.5. The second-order valence-corrected chi connectivity index (χ2v) is 8.78. The van der Waals surface area contributed by atoms with Crippen LogP contribution < -0.4 is 0 Å². The van der Waals surface area contributed by atoms with Crippen LogP contribution in [0.25, 0.3) is 0 Å². The summed E-state index contributed by atoms with van der Waals surface area (Å²) < 4.78 is 24.5. The number of rotatable bonds is 3. The van der Waals surface area contributed by atoms with E-state index in [9.17, 15) is 8.42 Å². The van der Waals surface area contributed by atoms with Crippen LogP contribution in [0.3, 0.4) is 0 Å². The van der Waals surface area contributed by atoms with Gasteiger partial charge in [0.2, 0.25) is 0 Å². The number of allylic oxidation sites excluding steroid dienone is 3. The average Bonchev–Trinajstić information content (AvgIpc) is 2.46. The molecule has 0 saturated heterocycles. The molecule has 1 aliphatic carbocycles. The van der Waals surface area contributed by atoms with Gasteiger partial charge in [-0.25, -0.2) is 8.42 Å². The van der Waals surface area contributed by atoms with E-state index >= 15 is 0 Å². The predicted octanol–water partition coefficient (Wildman–Crippen LogP) is 4.40. The Bertz CT molecular complexity index is 632. The summed E-state index contributed by atoms with van der Waals surface area (Å²) in [5.74, 6) is 0.650. The van der Waals surface area contributed by atoms with Crippen molar-refractivity contribution in [3.05, 3.63) is 54.1 Å². The molecule has 21 heavy (non-hydrogen) atoms. The largest absolute Gasteiger partial charge is 0.223 e. The van der Waals surface area contributed by atoms with Crippen LogP contribution in [0.15, 0.2) is 59.0 Å². The minimum atomic E-state index is -3.21. The van der Waals surface area contributed by atoms with Crippen LogP contribution in [-0.4, -0.2) is 14.2 Å². The molecular weight excluding hydrogens is 280 g/mol. The summed E-state index contributed by atoms with van der Waals surface area (Å²) in [5, 5.41) is 0. The standard InChI is InChI=1S/C18H24O2S/c1-18(2,3)16-11-9-15(10-12-16)13-14-21(19,20)17-7-5-4-6-8-17/h4-9,11,13,16H,10,12,14H2,1-3H3/b15-13-. The molecule has 1 unspecified atom stereocenters. The van der Waals surface area contributed by atoms with Crippen LogP contribution in [0.5, 0.6) is 0 Å². The molecule has 0 heterocycles. The predicted molar refractivity (Wildman–Crippen MR) is 87.9 cm³/mol. The topological polar surface area (TPSA) is 34.1 Å². The number of hydrogen-bond donors (Lipinski definition) is 0. The zero-order valence-corrected chi connectivity index (χ0v) is 13.9. The summed E-state index contributed by atoms with van der Waals surface area (Å²) in [6, 6.07) is 8.65. The molecule has 0 spiro atoms. The molecule has 2 rings (SSSR count). The summed E-state index contributed by atoms with van der Waals surface area (Å²) in [4.78, 5) is 0.397. The van der Waals surface area contributed by atoms with Crippen LogP contribution in [0.1, 0.15) is 33.6 Å². The lowest BCUT2D eigenvalue weighted by Gasteiger charge is -2.30. The van der Waals surface area contributed by atoms with Crippen molar-refractivity contribution in [2.45, 2.75) is 38.5 Å². The lowest BCUT2D eigenvalue weighted by molar-refractivity contribution is 0.274. The van der Waals surface area contributed by atoms with Gasteiger partial charge in [-0.3, -0.25) is 0 Å². The molecule has 114 valence electrons. The summed E-state index contributed by atoms with van der Waals surface area (Å²) >= 11 is 0. The van der Waals surface area contributed by atoms with Gasteiger partial charge >= 0.3 is 0 Å². The lowest BCUT2D eigenvalue weighted by atomic mass is 9.75. The van der Waals surface area contributed by atoms with E-state index in [-0.39, 0.29) is 11.2 Å². The van der Waals surface area contributed by atoms with Gasteiger partial charge < -0.3 is 0 Å². The first-order valence-corrected chi connectivity index (χ1v) is 9.09. The third kappa shape index (κ3) is 4.31. The maximum atomic E-state index is 12.2. The average molecular weight is 304 g/mol. The first kappa shape index (κ1) is 16.0. The quantitative estimate of drug-likeness (QED) is 0.829. The van der Waals surface area contributed by atoms with Crippen molar-refractivity contribution in [3.8, 4) is 0 Å². The van der Waals surface area contributed by atoms with Gasteiger partial charge in [0.05, 0.1) is 10.6 Å². The van der Waals surface area contributed by atoms with Crippen molar-refractivity contribution >= 4 is 9.84 Å². The minimum Gasteiger partial charge on any atom is -0.223 e. The summed E-state index contributed by atoms with van der Waals surface area (Å²) in [6.45, 7) is 6.74. The molecule has 1 aliphatic rings. The van der Waals surface area contributed by atoms with E-state index in [4.69, 9.17) is 0 Å². The monoisotopic (exact) mass is 304 g/mol. The highest BCUT2D eigenvalue weighted by molar-refractivity contribution is 7.91. The molecule has 0 N–H and O–H groups in total. The number of benzene rings is 1. The highest BCUT2D eigenvalue weighted by atomic mass is 32.2. The van der Waals surface area contributed by atoms with Crippen molar-refractivity contribution in [2.24, 2.45) is 11.3 Å². The van der Waals surface area contributed by atoms with E-state index in [0.29, 0.717) is 10.8 Å². The second kappa shape index (κ2) is 6.18. The van der Waals surface area contributed by atoms with E-state index in [1.54, 1.807) is 24.3 Å². The molecule has 0 radical (unpaired) electrons. The molecule has 0 amide bonds. The molecule has 0 saturated carbocycles. The molecule has 0 fully saturated rings. The Hall–Kier alpha value is -1.35. The molecule has 0 aromatic heterocycles. The minimum absolute atomic E-state index is 0.0802. The summed E-state index contributed by atoms with van der Waals surface area (Å²) in [7, 11) is -3.21. The smallest absolute Gasteiger partial charge is 0.181 e. The van der Waals surface area contributed by atoms with Gasteiger partial charge in [-0.05, 0) is 36.3 Å². The SMILES string of the molecule is CC(C)(C)C1C=C/C(=C/CS(=O)(=O)c2ccccc2)CC1. The van der Waals surface area contributed by atoms with Gasteiger partial charge in [0.1, 0.15) is 0 Å². The van der Waals surface area contributed by atoms with Crippen molar-refractivity contribution in [1.82, 2.24) is 0 Å². The Morgan fingerprint density at radius 3 is 2.38 bits per heavy atom. The van der Waals surface area contributed by atoms with E-state index in [0.717, 1.165) is 18.4 Å². The van der Waals surface area contributed by atoms with Crippen LogP contribution in [0.2, 0.25) is 0 Å². The molecule has 1 atom stereocenters. The third-order valence-corrected chi connectivity index (χ3v) is 5.66. The van der Waals surface area contributed by atoms with E-state index in [1.807, 2.05) is 12.1 Å². The van der Waals surface area contributed by atoms with Crippen molar-refractivity contribution in [1.29, 1.82) is 0 Å². The fourth-order valence-corrected chi connectivity index (χ4v) is 3.77. The highest BCUT2D eigenvalue weighted by Gasteiger charge is 2.24. The van der Waals surface area contributed by atoms with Crippen LogP contribution in [0, 0.1) is 11.3 Å². The Kier molecular flexibility index (Phi) is 4.72. The first-order chi connectivity index (χ1) is 9.79. The van der Waals surface area contributed by atoms with E-state index in [2.05, 4.69) is 32.9 Å². The molecular formula is C18H24O2S. The Labute approximate surface area is 128 Å². The molecule has 3 heteroatoms. The van der Waals surface area contributed by atoms with Crippen LogP contribution in [0.4, 0.5) is 0 Å². The fraction of sp³-hybridized carbons (Fsp3) is 0.444. The first-order valence-electron chi connectivity index (χ1n) is 7.44. The maximum absolute atomic E-state index is 12.2. The Balaban J connectivity index is 2.07. The fourth-order valence-electron chi connectivity index (χ4n) is 2.57. The lowest BCUT2D eigenvalue weighted by Crippen LogP contribution is -2.20. The van der Waals surface area contributed by atoms with E-state index < -0.39 is 9.84 Å². The number of sulfone groups is 1. The number of hydrogen-bond acceptors (Lipinski definition) is 2. The van der Waals surface area contributed by atoms with Crippen LogP contribution >= 0.6 is 0 Å². The summed E-state index contributed by atoms with van der Waals surface area (Å²) in [6.07, 6.45) is 8.24. The zero-order valence-electron chi connectivity index (χ0n) is 13.0. The molecule has 1 aromatic carbocycles. The van der Waals surface area contributed by atoms with Gasteiger partial charge in [-0.1, -0.05) is 62.8 Å². The van der Waals surface area contributed by atoms with Gasteiger partial charge in [0.15, 0.2) is 9.84 Å². The van der Waals surface area contributed by atoms with Crippen molar-refractivity contribution < 1.29 is 8.42 Å². The van der Waals surface area contributed by atoms with Crippen molar-refractivity contribution in [2.75, 3.05) is 5.75 Å². The maximum Gasteiger partial charge on any atom is 0.181 e. The van der Waals surface area contributed by atoms with Gasteiger partial charge in [-0.2, -0.15) is 0 Å². The normalized spacial score (nSPS) is 21.7. The molecule has 2 nitrogen and oxygen atoms in total. The van der Waals surface area contributed by atoms with E-state index in [1.165, 1.54) is 0 Å². The van der Waals surface area contributed by atoms with Gasteiger partial charge in [-0.15, -0.1) is 0 Å². The van der Waals surface area contributed by atoms with Crippen LogP contribution in [-0.2, 0) is 9.84 Å². The molecule has 0 bridgehead atoms. The molecule has 1 aromatic rings. The second-order valence-electron chi connectivity index (χ2n) is 6.74. The third-order valence-electron chi connectivity index (χ3n) is 4.07. The Morgan fingerprint density at radius 2 is 1.86 bits per heavy atom. The van der Waals surface area contributed by atoms with Gasteiger partial charge in [0, 0.05) is 0 Å².